The second-order valence-corrected chi connectivity index (χ2v) is 8.21. The first-order valence-corrected chi connectivity index (χ1v) is 11.8. The van der Waals surface area contributed by atoms with Crippen molar-refractivity contribution in [2.45, 2.75) is 77.6 Å². The Labute approximate surface area is 190 Å². The van der Waals surface area contributed by atoms with Gasteiger partial charge in [-0.05, 0) is 35.7 Å². The van der Waals surface area contributed by atoms with Crippen molar-refractivity contribution < 1.29 is 19.6 Å². The Morgan fingerprint density at radius 3 is 1.91 bits per heavy atom. The van der Waals surface area contributed by atoms with Gasteiger partial charge in [-0.1, -0.05) is 89.3 Å². The van der Waals surface area contributed by atoms with Gasteiger partial charge in [0.25, 0.3) is 0 Å². The maximum Gasteiger partial charge on any atom is 0.335 e. The number of hydrogen-bond acceptors (Lipinski definition) is 4. The van der Waals surface area contributed by atoms with E-state index in [1.54, 1.807) is 24.3 Å². The summed E-state index contributed by atoms with van der Waals surface area (Å²) < 4.78 is 5.70. The summed E-state index contributed by atoms with van der Waals surface area (Å²) in [6.07, 6.45) is 13.7. The predicted molar refractivity (Wildman–Crippen MR) is 127 cm³/mol. The van der Waals surface area contributed by atoms with E-state index in [2.05, 4.69) is 6.92 Å². The van der Waals surface area contributed by atoms with Crippen molar-refractivity contribution >= 4 is 11.7 Å². The van der Waals surface area contributed by atoms with Crippen LogP contribution < -0.4 is 4.74 Å². The molecule has 6 heteroatoms. The molecule has 2 aromatic rings. The van der Waals surface area contributed by atoms with E-state index in [9.17, 15) is 14.9 Å². The van der Waals surface area contributed by atoms with Crippen molar-refractivity contribution in [2.24, 2.45) is 0 Å². The average Bonchev–Trinajstić information content (AvgIpc) is 2.79. The highest BCUT2D eigenvalue weighted by molar-refractivity contribution is 5.88. The summed E-state index contributed by atoms with van der Waals surface area (Å²) in [5, 5.41) is 20.5. The number of hydrogen-bond donors (Lipinski definition) is 1. The number of unbranched alkanes of at least 4 members (excludes halogenated alkanes) is 10. The maximum absolute atomic E-state index is 11.5. The number of carboxylic acid groups (broad SMARTS) is 1. The summed E-state index contributed by atoms with van der Waals surface area (Å²) in [6, 6.07) is 11.1. The summed E-state index contributed by atoms with van der Waals surface area (Å²) in [7, 11) is 0. The van der Waals surface area contributed by atoms with E-state index < -0.39 is 10.9 Å². The molecule has 174 valence electrons. The number of nitro benzene ring substituents is 1. The molecule has 0 saturated carbocycles. The summed E-state index contributed by atoms with van der Waals surface area (Å²) >= 11 is 0. The molecule has 0 fully saturated rings. The van der Waals surface area contributed by atoms with E-state index in [1.807, 2.05) is 0 Å². The Hall–Kier alpha value is -2.89. The van der Waals surface area contributed by atoms with E-state index >= 15 is 0 Å². The third-order valence-electron chi connectivity index (χ3n) is 5.63. The number of nitrogens with zero attached hydrogens (tertiary/aromatic N) is 1. The number of rotatable bonds is 16. The zero-order chi connectivity index (χ0) is 23.2. The van der Waals surface area contributed by atoms with Crippen molar-refractivity contribution in [3.8, 4) is 16.9 Å². The van der Waals surface area contributed by atoms with Crippen LogP contribution in [0, 0.1) is 10.1 Å². The molecule has 1 N–H and O–H groups in total. The molecule has 0 spiro atoms. The largest absolute Gasteiger partial charge is 0.487 e. The lowest BCUT2D eigenvalue weighted by molar-refractivity contribution is -0.385. The van der Waals surface area contributed by atoms with E-state index in [0.29, 0.717) is 12.2 Å². The van der Waals surface area contributed by atoms with Crippen LogP contribution in [0.25, 0.3) is 11.1 Å². The Morgan fingerprint density at radius 1 is 0.844 bits per heavy atom. The lowest BCUT2D eigenvalue weighted by Crippen LogP contribution is -2.01. The molecule has 0 heterocycles. The van der Waals surface area contributed by atoms with Crippen LogP contribution in [0.2, 0.25) is 0 Å². The molecule has 6 nitrogen and oxygen atoms in total. The fraction of sp³-hybridized carbons (Fsp3) is 0.500. The van der Waals surface area contributed by atoms with Gasteiger partial charge in [0.1, 0.15) is 0 Å². The van der Waals surface area contributed by atoms with Crippen LogP contribution in [-0.4, -0.2) is 22.6 Å². The molecular formula is C26H35NO5. The molecule has 2 rings (SSSR count). The first kappa shape index (κ1) is 25.4. The first-order valence-electron chi connectivity index (χ1n) is 11.8. The van der Waals surface area contributed by atoms with Crippen LogP contribution in [0.15, 0.2) is 42.5 Å². The van der Waals surface area contributed by atoms with Crippen LogP contribution in [-0.2, 0) is 0 Å². The molecule has 0 unspecified atom stereocenters. The first-order chi connectivity index (χ1) is 15.5. The zero-order valence-corrected chi connectivity index (χ0v) is 19.1. The van der Waals surface area contributed by atoms with Crippen molar-refractivity contribution in [2.75, 3.05) is 6.61 Å². The fourth-order valence-electron chi connectivity index (χ4n) is 3.72. The van der Waals surface area contributed by atoms with Gasteiger partial charge in [-0.15, -0.1) is 0 Å². The third-order valence-corrected chi connectivity index (χ3v) is 5.63. The monoisotopic (exact) mass is 441 g/mol. The fourth-order valence-corrected chi connectivity index (χ4v) is 3.72. The second kappa shape index (κ2) is 14.2. The highest BCUT2D eigenvalue weighted by Crippen LogP contribution is 2.32. The molecule has 2 aromatic carbocycles. The minimum atomic E-state index is -1.01. The van der Waals surface area contributed by atoms with E-state index in [0.717, 1.165) is 18.4 Å². The van der Waals surface area contributed by atoms with Gasteiger partial charge >= 0.3 is 11.7 Å². The standard InChI is InChI=1S/C26H35NO5/c1-2-3-4-5-6-7-8-9-10-11-12-19-32-25-18-17-23(20-24(25)27(30)31)21-13-15-22(16-14-21)26(28)29/h13-18,20H,2-12,19H2,1H3,(H,28,29). The molecule has 0 aliphatic carbocycles. The van der Waals surface area contributed by atoms with E-state index in [4.69, 9.17) is 9.84 Å². The summed E-state index contributed by atoms with van der Waals surface area (Å²) in [6.45, 7) is 2.70. The number of ether oxygens (including phenoxy) is 1. The van der Waals surface area contributed by atoms with Crippen LogP contribution >= 0.6 is 0 Å². The Kier molecular flexibility index (Phi) is 11.3. The molecule has 0 aliphatic rings. The number of benzene rings is 2. The Morgan fingerprint density at radius 2 is 1.38 bits per heavy atom. The Bertz CT molecular complexity index is 848. The molecule has 0 aromatic heterocycles. The lowest BCUT2D eigenvalue weighted by Gasteiger charge is -2.09. The Balaban J connectivity index is 1.75. The quantitative estimate of drug-likeness (QED) is 0.164. The van der Waals surface area contributed by atoms with Crippen molar-refractivity contribution in [1.29, 1.82) is 0 Å². The number of carbonyl (C=O) groups is 1. The summed E-state index contributed by atoms with van der Waals surface area (Å²) in [5.74, 6) is -0.735. The van der Waals surface area contributed by atoms with Gasteiger partial charge in [0.15, 0.2) is 5.75 Å². The van der Waals surface area contributed by atoms with Crippen molar-refractivity contribution in [1.82, 2.24) is 0 Å². The topological polar surface area (TPSA) is 89.7 Å². The second-order valence-electron chi connectivity index (χ2n) is 8.21. The lowest BCUT2D eigenvalue weighted by atomic mass is 10.0. The minimum absolute atomic E-state index is 0.0760. The minimum Gasteiger partial charge on any atom is -0.487 e. The van der Waals surface area contributed by atoms with Gasteiger partial charge in [-0.2, -0.15) is 0 Å². The average molecular weight is 442 g/mol. The van der Waals surface area contributed by atoms with Gasteiger partial charge in [0.2, 0.25) is 0 Å². The summed E-state index contributed by atoms with van der Waals surface area (Å²) in [5.41, 5.74) is 1.47. The normalized spacial score (nSPS) is 10.8. The molecule has 0 atom stereocenters. The SMILES string of the molecule is CCCCCCCCCCCCCOc1ccc(-c2ccc(C(=O)O)cc2)cc1[N+](=O)[O-]. The molecule has 0 aliphatic heterocycles. The van der Waals surface area contributed by atoms with Crippen molar-refractivity contribution in [3.63, 3.8) is 0 Å². The summed E-state index contributed by atoms with van der Waals surface area (Å²) in [4.78, 5) is 22.1. The van der Waals surface area contributed by atoms with Crippen LogP contribution in [0.4, 0.5) is 5.69 Å². The van der Waals surface area contributed by atoms with E-state index in [1.165, 1.54) is 76.0 Å². The number of aromatic carboxylic acids is 1. The van der Waals surface area contributed by atoms with Crippen molar-refractivity contribution in [3.05, 3.63) is 58.1 Å². The van der Waals surface area contributed by atoms with Gasteiger partial charge < -0.3 is 9.84 Å². The van der Waals surface area contributed by atoms with Crippen LogP contribution in [0.1, 0.15) is 87.9 Å². The van der Waals surface area contributed by atoms with Gasteiger partial charge in [0.05, 0.1) is 17.1 Å². The maximum atomic E-state index is 11.5. The van der Waals surface area contributed by atoms with Crippen LogP contribution in [0.3, 0.4) is 0 Å². The van der Waals surface area contributed by atoms with Gasteiger partial charge in [-0.25, -0.2) is 4.79 Å². The highest BCUT2D eigenvalue weighted by Gasteiger charge is 2.17. The molecule has 0 amide bonds. The molecular weight excluding hydrogens is 406 g/mol. The number of nitro groups is 1. The number of carboxylic acids is 1. The van der Waals surface area contributed by atoms with Crippen LogP contribution in [0.5, 0.6) is 5.75 Å². The molecule has 0 radical (unpaired) electrons. The predicted octanol–water partition coefficient (Wildman–Crippen LogP) is 7.65. The smallest absolute Gasteiger partial charge is 0.335 e. The van der Waals surface area contributed by atoms with Gasteiger partial charge in [-0.3, -0.25) is 10.1 Å². The van der Waals surface area contributed by atoms with Gasteiger partial charge in [0, 0.05) is 6.07 Å². The highest BCUT2D eigenvalue weighted by atomic mass is 16.6. The third kappa shape index (κ3) is 8.69. The van der Waals surface area contributed by atoms with E-state index in [-0.39, 0.29) is 17.0 Å². The zero-order valence-electron chi connectivity index (χ0n) is 19.1. The molecule has 0 saturated heterocycles. The molecule has 0 bridgehead atoms. The molecule has 32 heavy (non-hydrogen) atoms.